The first-order valence-electron chi connectivity index (χ1n) is 12.8. The van der Waals surface area contributed by atoms with Crippen molar-refractivity contribution in [1.82, 2.24) is 0 Å². The number of hydrogen-bond donors (Lipinski definition) is 0. The van der Waals surface area contributed by atoms with E-state index < -0.39 is 64.2 Å². The lowest BCUT2D eigenvalue weighted by Gasteiger charge is -2.29. The summed E-state index contributed by atoms with van der Waals surface area (Å²) in [5.74, 6) is -11.7. The number of rotatable bonds is 8. The fourth-order valence-corrected chi connectivity index (χ4v) is 5.03. The Hall–Kier alpha value is -3.48. The van der Waals surface area contributed by atoms with Gasteiger partial charge in [-0.15, -0.1) is 13.2 Å². The predicted octanol–water partition coefficient (Wildman–Crippen LogP) is 9.65. The smallest absolute Gasteiger partial charge is 0.429 e. The van der Waals surface area contributed by atoms with E-state index in [0.29, 0.717) is 36.6 Å². The highest BCUT2D eigenvalue weighted by Gasteiger charge is 2.42. The first-order valence-corrected chi connectivity index (χ1v) is 12.8. The van der Waals surface area contributed by atoms with E-state index in [1.807, 2.05) is 0 Å². The van der Waals surface area contributed by atoms with Crippen LogP contribution in [0.3, 0.4) is 0 Å². The minimum atomic E-state index is -5.50. The van der Waals surface area contributed by atoms with Crippen molar-refractivity contribution >= 4 is 0 Å². The highest BCUT2D eigenvalue weighted by atomic mass is 19.4. The molecular weight excluding hydrogens is 586 g/mol. The summed E-state index contributed by atoms with van der Waals surface area (Å²) in [5, 5.41) is 0. The number of aryl methyl sites for hydroxylation is 1. The number of benzene rings is 3. The Kier molecular flexibility index (Phi) is 9.00. The molecule has 1 saturated heterocycles. The van der Waals surface area contributed by atoms with Crippen molar-refractivity contribution in [3.63, 3.8) is 0 Å². The lowest BCUT2D eigenvalue weighted by molar-refractivity contribution is -0.276. The van der Waals surface area contributed by atoms with Crippen LogP contribution in [0.5, 0.6) is 11.5 Å². The summed E-state index contributed by atoms with van der Waals surface area (Å²) in [6, 6.07) is 3.46. The SMILES string of the molecule is CCCC1CCC(c2cc(C)c(-c3cc(F)c(C(F)(F)Oc4cc(F)c(OC(F)(F)F)c(F)c4)c(F)c3)c(F)c2)OC1. The van der Waals surface area contributed by atoms with Gasteiger partial charge >= 0.3 is 12.5 Å². The van der Waals surface area contributed by atoms with Gasteiger partial charge in [-0.1, -0.05) is 19.4 Å². The van der Waals surface area contributed by atoms with Gasteiger partial charge in [-0.3, -0.25) is 0 Å². The fourth-order valence-electron chi connectivity index (χ4n) is 5.03. The molecule has 228 valence electrons. The topological polar surface area (TPSA) is 27.7 Å². The molecule has 1 aliphatic heterocycles. The summed E-state index contributed by atoms with van der Waals surface area (Å²) < 4.78 is 152. The average Bonchev–Trinajstić information content (AvgIpc) is 2.85. The van der Waals surface area contributed by atoms with Crippen LogP contribution in [0.2, 0.25) is 0 Å². The van der Waals surface area contributed by atoms with Crippen LogP contribution in [0.1, 0.15) is 55.4 Å². The lowest BCUT2D eigenvalue weighted by Crippen LogP contribution is -2.25. The molecular formula is C29H24F10O3. The van der Waals surface area contributed by atoms with Gasteiger partial charge in [-0.25, -0.2) is 22.0 Å². The van der Waals surface area contributed by atoms with Crippen LogP contribution in [0, 0.1) is 41.9 Å². The Bertz CT molecular complexity index is 1380. The first kappa shape index (κ1) is 31.5. The molecule has 3 aromatic carbocycles. The highest BCUT2D eigenvalue weighted by Crippen LogP contribution is 2.41. The van der Waals surface area contributed by atoms with E-state index in [-0.39, 0.29) is 29.4 Å². The van der Waals surface area contributed by atoms with E-state index in [9.17, 15) is 39.5 Å². The molecule has 3 nitrogen and oxygen atoms in total. The van der Waals surface area contributed by atoms with Crippen LogP contribution in [0.25, 0.3) is 11.1 Å². The Morgan fingerprint density at radius 1 is 0.786 bits per heavy atom. The zero-order valence-corrected chi connectivity index (χ0v) is 22.2. The van der Waals surface area contributed by atoms with E-state index in [1.54, 1.807) is 6.07 Å². The molecule has 0 amide bonds. The van der Waals surface area contributed by atoms with Gasteiger partial charge in [0, 0.05) is 17.7 Å². The van der Waals surface area contributed by atoms with Crippen LogP contribution in [0.4, 0.5) is 43.9 Å². The van der Waals surface area contributed by atoms with Gasteiger partial charge in [0.25, 0.3) is 0 Å². The van der Waals surface area contributed by atoms with E-state index >= 15 is 4.39 Å². The molecule has 1 heterocycles. The number of hydrogen-bond acceptors (Lipinski definition) is 3. The molecule has 1 aliphatic rings. The van der Waals surface area contributed by atoms with Gasteiger partial charge in [-0.2, -0.15) is 8.78 Å². The van der Waals surface area contributed by atoms with Gasteiger partial charge in [0.1, 0.15) is 28.8 Å². The molecule has 13 heteroatoms. The van der Waals surface area contributed by atoms with E-state index in [4.69, 9.17) is 4.74 Å². The van der Waals surface area contributed by atoms with Crippen LogP contribution in [0.15, 0.2) is 36.4 Å². The molecule has 0 aromatic heterocycles. The molecule has 0 saturated carbocycles. The third-order valence-corrected chi connectivity index (χ3v) is 6.81. The standard InChI is InChI=1S/C29H24F10O3/c1-3-4-15-5-6-24(40-13-15)16-7-14(2)25(19(30)8-16)17-9-20(31)26(21(32)10-17)28(35,36)41-18-11-22(33)27(23(34)12-18)42-29(37,38)39/h7-12,15,24H,3-6,13H2,1-2H3. The van der Waals surface area contributed by atoms with Crippen molar-refractivity contribution < 1.29 is 58.1 Å². The lowest BCUT2D eigenvalue weighted by atomic mass is 9.89. The molecule has 0 radical (unpaired) electrons. The maximum atomic E-state index is 15.2. The Balaban J connectivity index is 1.59. The average molecular weight is 610 g/mol. The summed E-state index contributed by atoms with van der Waals surface area (Å²) in [6.45, 7) is 4.05. The van der Waals surface area contributed by atoms with Crippen molar-refractivity contribution in [2.45, 2.75) is 58.1 Å². The Morgan fingerprint density at radius 3 is 1.90 bits per heavy atom. The van der Waals surface area contributed by atoms with Crippen LogP contribution >= 0.6 is 0 Å². The monoisotopic (exact) mass is 610 g/mol. The van der Waals surface area contributed by atoms with Crippen molar-refractivity contribution in [3.8, 4) is 22.6 Å². The summed E-state index contributed by atoms with van der Waals surface area (Å²) >= 11 is 0. The third-order valence-electron chi connectivity index (χ3n) is 6.81. The third kappa shape index (κ3) is 6.93. The van der Waals surface area contributed by atoms with E-state index in [2.05, 4.69) is 16.4 Å². The zero-order valence-electron chi connectivity index (χ0n) is 22.2. The molecule has 0 bridgehead atoms. The first-order chi connectivity index (χ1) is 19.6. The Morgan fingerprint density at radius 2 is 1.40 bits per heavy atom. The maximum Gasteiger partial charge on any atom is 0.573 e. The zero-order chi connectivity index (χ0) is 31.0. The fraction of sp³-hybridized carbons (Fsp3) is 0.379. The quantitative estimate of drug-likeness (QED) is 0.238. The Labute approximate surface area is 234 Å². The molecule has 42 heavy (non-hydrogen) atoms. The maximum absolute atomic E-state index is 15.2. The molecule has 3 aromatic rings. The van der Waals surface area contributed by atoms with Crippen molar-refractivity contribution in [1.29, 1.82) is 0 Å². The van der Waals surface area contributed by atoms with E-state index in [1.165, 1.54) is 6.92 Å². The summed E-state index contributed by atoms with van der Waals surface area (Å²) in [7, 11) is 0. The second kappa shape index (κ2) is 12.0. The molecule has 0 spiro atoms. The highest BCUT2D eigenvalue weighted by molar-refractivity contribution is 5.69. The summed E-state index contributed by atoms with van der Waals surface area (Å²) in [5.41, 5.74) is -1.87. The molecule has 1 fully saturated rings. The number of ether oxygens (including phenoxy) is 3. The number of alkyl halides is 5. The van der Waals surface area contributed by atoms with Crippen LogP contribution in [-0.2, 0) is 10.8 Å². The normalized spacial score (nSPS) is 17.8. The van der Waals surface area contributed by atoms with Crippen molar-refractivity contribution in [3.05, 3.63) is 82.2 Å². The minimum Gasteiger partial charge on any atom is -0.429 e. The number of halogens is 10. The molecule has 2 unspecified atom stereocenters. The van der Waals surface area contributed by atoms with Gasteiger partial charge < -0.3 is 14.2 Å². The molecule has 0 aliphatic carbocycles. The van der Waals surface area contributed by atoms with Gasteiger partial charge in [-0.05, 0) is 67.0 Å². The largest absolute Gasteiger partial charge is 0.573 e. The van der Waals surface area contributed by atoms with Gasteiger partial charge in [0.2, 0.25) is 5.75 Å². The molecule has 2 atom stereocenters. The second-order valence-electron chi connectivity index (χ2n) is 9.95. The van der Waals surface area contributed by atoms with Gasteiger partial charge in [0.15, 0.2) is 11.6 Å². The summed E-state index contributed by atoms with van der Waals surface area (Å²) in [4.78, 5) is 0. The summed E-state index contributed by atoms with van der Waals surface area (Å²) in [6.07, 6.45) is -7.22. The van der Waals surface area contributed by atoms with Gasteiger partial charge in [0.05, 0.1) is 12.7 Å². The molecule has 4 rings (SSSR count). The molecule has 0 N–H and O–H groups in total. The van der Waals surface area contributed by atoms with Crippen molar-refractivity contribution in [2.24, 2.45) is 5.92 Å². The minimum absolute atomic E-state index is 0.0808. The van der Waals surface area contributed by atoms with Crippen LogP contribution < -0.4 is 9.47 Å². The van der Waals surface area contributed by atoms with Crippen LogP contribution in [-0.4, -0.2) is 13.0 Å². The predicted molar refractivity (Wildman–Crippen MR) is 130 cm³/mol. The van der Waals surface area contributed by atoms with E-state index in [0.717, 1.165) is 25.3 Å². The second-order valence-corrected chi connectivity index (χ2v) is 9.95. The van der Waals surface area contributed by atoms with Crippen molar-refractivity contribution in [2.75, 3.05) is 6.61 Å².